The maximum absolute atomic E-state index is 5.83. The molecule has 2 N–H and O–H groups in total. The summed E-state index contributed by atoms with van der Waals surface area (Å²) in [5.74, 6) is 0. The van der Waals surface area contributed by atoms with Gasteiger partial charge in [-0.3, -0.25) is 4.90 Å². The highest BCUT2D eigenvalue weighted by Gasteiger charge is 2.23. The first-order valence-corrected chi connectivity index (χ1v) is 7.31. The fraction of sp³-hybridized carbons (Fsp3) is 0.769. The molecule has 4 nitrogen and oxygen atoms in total. The summed E-state index contributed by atoms with van der Waals surface area (Å²) in [5, 5.41) is 1.18. The first kappa shape index (κ1) is 13.9. The van der Waals surface area contributed by atoms with Crippen molar-refractivity contribution >= 4 is 11.3 Å². The van der Waals surface area contributed by atoms with Gasteiger partial charge in [-0.25, -0.2) is 4.98 Å². The molecular weight excluding hydrogens is 246 g/mol. The number of ether oxygens (including phenoxy) is 1. The summed E-state index contributed by atoms with van der Waals surface area (Å²) >= 11 is 1.76. The average Bonchev–Trinajstić information content (AvgIpc) is 2.73. The van der Waals surface area contributed by atoms with Crippen LogP contribution in [0.15, 0.2) is 0 Å². The lowest BCUT2D eigenvalue weighted by molar-refractivity contribution is 0.0341. The van der Waals surface area contributed by atoms with Crippen molar-refractivity contribution < 1.29 is 4.74 Å². The summed E-state index contributed by atoms with van der Waals surface area (Å²) in [6.45, 7) is 11.8. The normalized spacial score (nSPS) is 18.2. The SMILES string of the molecule is CC(C)(C)c1nc(CN2CCOCC2)sc1CN. The van der Waals surface area contributed by atoms with Crippen molar-refractivity contribution in [2.24, 2.45) is 5.73 Å². The van der Waals surface area contributed by atoms with Gasteiger partial charge in [0.15, 0.2) is 0 Å². The molecule has 0 aromatic carbocycles. The number of hydrogen-bond acceptors (Lipinski definition) is 5. The van der Waals surface area contributed by atoms with Crippen LogP contribution in [-0.4, -0.2) is 36.2 Å². The topological polar surface area (TPSA) is 51.4 Å². The first-order valence-electron chi connectivity index (χ1n) is 6.50. The van der Waals surface area contributed by atoms with Crippen LogP contribution in [0, 0.1) is 0 Å². The predicted octanol–water partition coefficient (Wildman–Crippen LogP) is 1.73. The van der Waals surface area contributed by atoms with Crippen LogP contribution in [-0.2, 0) is 23.2 Å². The molecule has 1 aromatic heterocycles. The number of nitrogens with zero attached hydrogens (tertiary/aromatic N) is 2. The van der Waals surface area contributed by atoms with E-state index >= 15 is 0 Å². The van der Waals surface area contributed by atoms with E-state index in [0.717, 1.165) is 32.8 Å². The second kappa shape index (κ2) is 5.65. The van der Waals surface area contributed by atoms with E-state index in [1.165, 1.54) is 15.6 Å². The van der Waals surface area contributed by atoms with Gasteiger partial charge in [-0.05, 0) is 0 Å². The largest absolute Gasteiger partial charge is 0.379 e. The van der Waals surface area contributed by atoms with Gasteiger partial charge in [-0.1, -0.05) is 20.8 Å². The molecule has 1 aliphatic rings. The maximum atomic E-state index is 5.83. The molecule has 0 radical (unpaired) electrons. The van der Waals surface area contributed by atoms with Crippen LogP contribution in [0.4, 0.5) is 0 Å². The highest BCUT2D eigenvalue weighted by Crippen LogP contribution is 2.29. The molecule has 0 aliphatic carbocycles. The molecular formula is C13H23N3OS. The smallest absolute Gasteiger partial charge is 0.107 e. The third kappa shape index (κ3) is 3.29. The number of aromatic nitrogens is 1. The number of thiazole rings is 1. The minimum atomic E-state index is 0.0778. The quantitative estimate of drug-likeness (QED) is 0.908. The second-order valence-corrected chi connectivity index (χ2v) is 6.89. The number of nitrogens with two attached hydrogens (primary N) is 1. The van der Waals surface area contributed by atoms with Crippen molar-refractivity contribution in [3.63, 3.8) is 0 Å². The summed E-state index contributed by atoms with van der Waals surface area (Å²) in [4.78, 5) is 8.43. The van der Waals surface area contributed by atoms with E-state index in [1.54, 1.807) is 11.3 Å². The van der Waals surface area contributed by atoms with Crippen molar-refractivity contribution in [3.05, 3.63) is 15.6 Å². The summed E-state index contributed by atoms with van der Waals surface area (Å²) in [5.41, 5.74) is 7.07. The number of hydrogen-bond donors (Lipinski definition) is 1. The Labute approximate surface area is 113 Å². The van der Waals surface area contributed by atoms with Crippen molar-refractivity contribution in [1.82, 2.24) is 9.88 Å². The lowest BCUT2D eigenvalue weighted by Gasteiger charge is -2.25. The van der Waals surface area contributed by atoms with Gasteiger partial charge in [0.05, 0.1) is 25.5 Å². The standard InChI is InChI=1S/C13H23N3OS/c1-13(2,3)12-10(8-14)18-11(15-12)9-16-4-6-17-7-5-16/h4-9,14H2,1-3H3. The van der Waals surface area contributed by atoms with Crippen molar-refractivity contribution in [2.75, 3.05) is 26.3 Å². The molecule has 0 saturated carbocycles. The zero-order valence-corrected chi connectivity index (χ0v) is 12.3. The van der Waals surface area contributed by atoms with E-state index < -0.39 is 0 Å². The van der Waals surface area contributed by atoms with E-state index in [4.69, 9.17) is 15.5 Å². The summed E-state index contributed by atoms with van der Waals surface area (Å²) in [6, 6.07) is 0. The van der Waals surface area contributed by atoms with E-state index in [-0.39, 0.29) is 5.41 Å². The summed E-state index contributed by atoms with van der Waals surface area (Å²) in [6.07, 6.45) is 0. The zero-order valence-electron chi connectivity index (χ0n) is 11.5. The molecule has 18 heavy (non-hydrogen) atoms. The molecule has 1 aromatic rings. The highest BCUT2D eigenvalue weighted by atomic mass is 32.1. The molecule has 0 unspecified atom stereocenters. The Bertz CT molecular complexity index is 391. The van der Waals surface area contributed by atoms with Gasteiger partial charge < -0.3 is 10.5 Å². The van der Waals surface area contributed by atoms with Gasteiger partial charge in [0.2, 0.25) is 0 Å². The Morgan fingerprint density at radius 3 is 2.50 bits per heavy atom. The van der Waals surface area contributed by atoms with Crippen LogP contribution < -0.4 is 5.73 Å². The van der Waals surface area contributed by atoms with E-state index in [1.807, 2.05) is 0 Å². The molecule has 1 fully saturated rings. The minimum Gasteiger partial charge on any atom is -0.379 e. The Morgan fingerprint density at radius 1 is 1.33 bits per heavy atom. The number of morpholine rings is 1. The molecule has 102 valence electrons. The molecule has 1 aliphatic heterocycles. The van der Waals surface area contributed by atoms with Crippen molar-refractivity contribution in [2.45, 2.75) is 39.3 Å². The summed E-state index contributed by atoms with van der Waals surface area (Å²) < 4.78 is 5.36. The fourth-order valence-corrected chi connectivity index (χ4v) is 3.34. The van der Waals surface area contributed by atoms with Crippen LogP contribution in [0.2, 0.25) is 0 Å². The second-order valence-electron chi connectivity index (χ2n) is 5.72. The van der Waals surface area contributed by atoms with Gasteiger partial charge in [0.1, 0.15) is 5.01 Å². The van der Waals surface area contributed by atoms with E-state index in [0.29, 0.717) is 6.54 Å². The molecule has 2 rings (SSSR count). The third-order valence-electron chi connectivity index (χ3n) is 3.10. The fourth-order valence-electron chi connectivity index (χ4n) is 2.14. The van der Waals surface area contributed by atoms with Crippen LogP contribution in [0.1, 0.15) is 36.3 Å². The third-order valence-corrected chi connectivity index (χ3v) is 4.16. The van der Waals surface area contributed by atoms with E-state index in [9.17, 15) is 0 Å². The van der Waals surface area contributed by atoms with Gasteiger partial charge >= 0.3 is 0 Å². The zero-order chi connectivity index (χ0) is 13.2. The monoisotopic (exact) mass is 269 g/mol. The van der Waals surface area contributed by atoms with Crippen molar-refractivity contribution in [1.29, 1.82) is 0 Å². The van der Waals surface area contributed by atoms with Gasteiger partial charge in [0.25, 0.3) is 0 Å². The Morgan fingerprint density at radius 2 is 2.00 bits per heavy atom. The lowest BCUT2D eigenvalue weighted by atomic mass is 9.91. The highest BCUT2D eigenvalue weighted by molar-refractivity contribution is 7.11. The van der Waals surface area contributed by atoms with Crippen LogP contribution in [0.5, 0.6) is 0 Å². The Kier molecular flexibility index (Phi) is 4.37. The molecule has 1 saturated heterocycles. The van der Waals surface area contributed by atoms with Crippen LogP contribution in [0.25, 0.3) is 0 Å². The molecule has 5 heteroatoms. The maximum Gasteiger partial charge on any atom is 0.107 e. The van der Waals surface area contributed by atoms with E-state index in [2.05, 4.69) is 25.7 Å². The van der Waals surface area contributed by atoms with Crippen molar-refractivity contribution in [3.8, 4) is 0 Å². The van der Waals surface area contributed by atoms with Crippen LogP contribution >= 0.6 is 11.3 Å². The first-order chi connectivity index (χ1) is 8.50. The molecule has 2 heterocycles. The molecule has 0 amide bonds. The summed E-state index contributed by atoms with van der Waals surface area (Å²) in [7, 11) is 0. The van der Waals surface area contributed by atoms with Gasteiger partial charge in [-0.2, -0.15) is 0 Å². The molecule has 0 bridgehead atoms. The van der Waals surface area contributed by atoms with Crippen LogP contribution in [0.3, 0.4) is 0 Å². The minimum absolute atomic E-state index is 0.0778. The predicted molar refractivity (Wildman–Crippen MR) is 74.8 cm³/mol. The number of rotatable bonds is 3. The molecule has 0 atom stereocenters. The van der Waals surface area contributed by atoms with Gasteiger partial charge in [0, 0.05) is 29.9 Å². The Hall–Kier alpha value is -0.490. The average molecular weight is 269 g/mol. The van der Waals surface area contributed by atoms with Gasteiger partial charge in [-0.15, -0.1) is 11.3 Å². The Balaban J connectivity index is 2.11. The lowest BCUT2D eigenvalue weighted by Crippen LogP contribution is -2.35. The molecule has 0 spiro atoms.